The molecule has 0 saturated heterocycles. The molecule has 3 nitrogen and oxygen atoms in total. The van der Waals surface area contributed by atoms with E-state index in [1.54, 1.807) is 12.1 Å². The number of hydrogen-bond donors (Lipinski definition) is 0. The molecule has 0 aliphatic heterocycles. The number of nitrogens with zero attached hydrogens (tertiary/aromatic N) is 3. The Hall–Kier alpha value is -4.30. The second-order valence-electron chi connectivity index (χ2n) is 10.9. The molecule has 1 heterocycles. The highest BCUT2D eigenvalue weighted by atomic mass is 19.4. The van der Waals surface area contributed by atoms with Gasteiger partial charge in [-0.1, -0.05) is 110 Å². The monoisotopic (exact) mass is 603 g/mol. The van der Waals surface area contributed by atoms with Gasteiger partial charge in [0.25, 0.3) is 6.43 Å². The Morgan fingerprint density at radius 1 is 0.705 bits per heavy atom. The second kappa shape index (κ2) is 14.0. The van der Waals surface area contributed by atoms with E-state index in [-0.39, 0.29) is 5.56 Å². The molecule has 0 fully saturated rings. The first-order valence-corrected chi connectivity index (χ1v) is 14.7. The summed E-state index contributed by atoms with van der Waals surface area (Å²) in [5, 5.41) is 0. The van der Waals surface area contributed by atoms with E-state index in [1.165, 1.54) is 24.3 Å². The Morgan fingerprint density at radius 3 is 1.77 bits per heavy atom. The topological polar surface area (TPSA) is 21.1 Å². The van der Waals surface area contributed by atoms with Crippen LogP contribution in [0.25, 0.3) is 22.6 Å². The third kappa shape index (κ3) is 7.61. The number of halogens is 5. The maximum atomic E-state index is 13.3. The minimum absolute atomic E-state index is 0.0560. The first-order valence-electron chi connectivity index (χ1n) is 14.7. The van der Waals surface area contributed by atoms with Gasteiger partial charge < -0.3 is 4.57 Å². The fourth-order valence-electron chi connectivity index (χ4n) is 5.30. The van der Waals surface area contributed by atoms with Gasteiger partial charge in [-0.05, 0) is 29.7 Å². The van der Waals surface area contributed by atoms with Crippen molar-refractivity contribution in [2.24, 2.45) is 0 Å². The average molecular weight is 604 g/mol. The van der Waals surface area contributed by atoms with Crippen LogP contribution in [0.4, 0.5) is 22.0 Å². The predicted molar refractivity (Wildman–Crippen MR) is 164 cm³/mol. The molecule has 0 radical (unpaired) electrons. The number of aromatic nitrogens is 2. The van der Waals surface area contributed by atoms with Gasteiger partial charge in [-0.3, -0.25) is 4.90 Å². The van der Waals surface area contributed by atoms with Gasteiger partial charge in [0, 0.05) is 42.9 Å². The molecule has 0 aliphatic rings. The maximum absolute atomic E-state index is 13.3. The molecule has 0 N–H and O–H groups in total. The van der Waals surface area contributed by atoms with E-state index in [0.717, 1.165) is 65.4 Å². The second-order valence-corrected chi connectivity index (χ2v) is 10.9. The Balaban J connectivity index is 1.58. The fraction of sp³-hybridized carbons (Fsp3) is 0.250. The Morgan fingerprint density at radius 2 is 1.25 bits per heavy atom. The van der Waals surface area contributed by atoms with Gasteiger partial charge in [0.15, 0.2) is 0 Å². The maximum Gasteiger partial charge on any atom is 0.416 e. The van der Waals surface area contributed by atoms with E-state index in [1.807, 2.05) is 60.7 Å². The summed E-state index contributed by atoms with van der Waals surface area (Å²) < 4.78 is 68.5. The van der Waals surface area contributed by atoms with Crippen LogP contribution in [0.2, 0.25) is 0 Å². The quantitative estimate of drug-likeness (QED) is 0.132. The molecule has 5 aromatic rings. The first-order chi connectivity index (χ1) is 21.2. The zero-order valence-electron chi connectivity index (χ0n) is 24.4. The molecule has 228 valence electrons. The van der Waals surface area contributed by atoms with Gasteiger partial charge in [0.1, 0.15) is 5.82 Å². The van der Waals surface area contributed by atoms with Crippen LogP contribution in [-0.2, 0) is 32.4 Å². The van der Waals surface area contributed by atoms with E-state index in [2.05, 4.69) is 16.4 Å². The molecule has 1 aromatic heterocycles. The molecule has 0 amide bonds. The van der Waals surface area contributed by atoms with Gasteiger partial charge in [0.2, 0.25) is 0 Å². The third-order valence-corrected chi connectivity index (χ3v) is 7.59. The highest BCUT2D eigenvalue weighted by Gasteiger charge is 2.30. The Kier molecular flexibility index (Phi) is 9.90. The summed E-state index contributed by atoms with van der Waals surface area (Å²) in [5.41, 5.74) is 4.56. The summed E-state index contributed by atoms with van der Waals surface area (Å²) >= 11 is 0. The molecule has 4 aromatic carbocycles. The normalized spacial score (nSPS) is 11.9. The highest BCUT2D eigenvalue weighted by Crippen LogP contribution is 2.33. The van der Waals surface area contributed by atoms with Crippen LogP contribution < -0.4 is 0 Å². The molecule has 8 heteroatoms. The predicted octanol–water partition coefficient (Wildman–Crippen LogP) is 10.2. The lowest BCUT2D eigenvalue weighted by Gasteiger charge is -2.25. The van der Waals surface area contributed by atoms with Gasteiger partial charge in [-0.2, -0.15) is 13.2 Å². The molecular formula is C36H34F5N3. The molecule has 0 atom stereocenters. The van der Waals surface area contributed by atoms with Crippen molar-refractivity contribution < 1.29 is 22.0 Å². The van der Waals surface area contributed by atoms with Crippen molar-refractivity contribution >= 4 is 0 Å². The molecule has 0 saturated carbocycles. The Bertz CT molecular complexity index is 1610. The summed E-state index contributed by atoms with van der Waals surface area (Å²) in [6.07, 6.45) is -5.07. The minimum Gasteiger partial charge on any atom is -0.326 e. The third-order valence-electron chi connectivity index (χ3n) is 7.59. The van der Waals surface area contributed by atoms with Gasteiger partial charge >= 0.3 is 6.18 Å². The lowest BCUT2D eigenvalue weighted by atomic mass is 10.1. The van der Waals surface area contributed by atoms with Crippen molar-refractivity contribution in [2.45, 2.75) is 58.5 Å². The lowest BCUT2D eigenvalue weighted by Crippen LogP contribution is -2.24. The van der Waals surface area contributed by atoms with Gasteiger partial charge in [-0.15, -0.1) is 0 Å². The van der Waals surface area contributed by atoms with Crippen LogP contribution in [0.5, 0.6) is 0 Å². The highest BCUT2D eigenvalue weighted by molar-refractivity contribution is 5.68. The summed E-state index contributed by atoms with van der Waals surface area (Å²) in [6.45, 7) is 4.07. The lowest BCUT2D eigenvalue weighted by molar-refractivity contribution is -0.137. The van der Waals surface area contributed by atoms with E-state index in [9.17, 15) is 22.0 Å². The van der Waals surface area contributed by atoms with Crippen molar-refractivity contribution in [1.29, 1.82) is 0 Å². The number of imidazole rings is 1. The average Bonchev–Trinajstić information content (AvgIpc) is 3.38. The van der Waals surface area contributed by atoms with Crippen LogP contribution in [0.1, 0.15) is 54.1 Å². The van der Waals surface area contributed by atoms with Crippen LogP contribution >= 0.6 is 0 Å². The zero-order chi connectivity index (χ0) is 31.1. The van der Waals surface area contributed by atoms with Crippen molar-refractivity contribution in [3.8, 4) is 22.6 Å². The molecule has 0 bridgehead atoms. The number of rotatable bonds is 12. The van der Waals surface area contributed by atoms with E-state index >= 15 is 0 Å². The van der Waals surface area contributed by atoms with E-state index in [0.29, 0.717) is 25.2 Å². The summed E-state index contributed by atoms with van der Waals surface area (Å²) in [7, 11) is 0. The van der Waals surface area contributed by atoms with Gasteiger partial charge in [-0.25, -0.2) is 13.8 Å². The van der Waals surface area contributed by atoms with Crippen LogP contribution in [-0.4, -0.2) is 14.5 Å². The van der Waals surface area contributed by atoms with Crippen molar-refractivity contribution in [3.63, 3.8) is 0 Å². The number of alkyl halides is 5. The largest absolute Gasteiger partial charge is 0.416 e. The zero-order valence-corrected chi connectivity index (χ0v) is 24.4. The van der Waals surface area contributed by atoms with Crippen LogP contribution in [0, 0.1) is 0 Å². The minimum atomic E-state index is -4.42. The molecular weight excluding hydrogens is 569 g/mol. The summed E-state index contributed by atoms with van der Waals surface area (Å²) in [6, 6.07) is 31.3. The molecule has 0 spiro atoms. The molecule has 0 aliphatic carbocycles. The van der Waals surface area contributed by atoms with Crippen molar-refractivity contribution in [3.05, 3.63) is 137 Å². The first kappa shape index (κ1) is 31.1. The van der Waals surface area contributed by atoms with Crippen molar-refractivity contribution in [2.75, 3.05) is 0 Å². The van der Waals surface area contributed by atoms with Crippen LogP contribution in [0.15, 0.2) is 109 Å². The van der Waals surface area contributed by atoms with Gasteiger partial charge in [0.05, 0.1) is 17.0 Å². The summed E-state index contributed by atoms with van der Waals surface area (Å²) in [4.78, 5) is 7.29. The summed E-state index contributed by atoms with van der Waals surface area (Å²) in [5.74, 6) is 0.851. The van der Waals surface area contributed by atoms with Crippen LogP contribution in [0.3, 0.4) is 0 Å². The molecule has 5 rings (SSSR count). The van der Waals surface area contributed by atoms with Crippen molar-refractivity contribution in [1.82, 2.24) is 14.5 Å². The smallest absolute Gasteiger partial charge is 0.326 e. The standard InChI is InChI=1S/C36H34F5N3/c1-2-3-22-44-32(33(28-10-6-4-7-11-28)42-35(44)30-12-8-5-9-13-30)25-43(23-26-14-18-29(19-15-26)34(37)38)24-27-16-20-31(21-17-27)36(39,40)41/h4-21,34H,2-3,22-25H2,1H3. The number of hydrogen-bond acceptors (Lipinski definition) is 2. The number of benzene rings is 4. The van der Waals surface area contributed by atoms with E-state index < -0.39 is 18.2 Å². The number of unbranched alkanes of at least 4 members (excludes halogenated alkanes) is 1. The van der Waals surface area contributed by atoms with E-state index in [4.69, 9.17) is 4.98 Å². The fourth-order valence-corrected chi connectivity index (χ4v) is 5.30. The molecule has 44 heavy (non-hydrogen) atoms. The Labute approximate surface area is 254 Å². The molecule has 0 unspecified atom stereocenters. The SMILES string of the molecule is CCCCn1c(-c2ccccc2)nc(-c2ccccc2)c1CN(Cc1ccc(C(F)F)cc1)Cc1ccc(C(F)(F)F)cc1.